The third-order valence-corrected chi connectivity index (χ3v) is 5.56. The number of aryl methyl sites for hydroxylation is 1. The van der Waals surface area contributed by atoms with Crippen molar-refractivity contribution in [2.24, 2.45) is 0 Å². The van der Waals surface area contributed by atoms with Gasteiger partial charge in [-0.3, -0.25) is 4.90 Å². The smallest absolute Gasteiger partial charge is 0.132 e. The summed E-state index contributed by atoms with van der Waals surface area (Å²) in [6.45, 7) is 5.29. The van der Waals surface area contributed by atoms with Crippen molar-refractivity contribution >= 4 is 33.1 Å². The minimum absolute atomic E-state index is 0.530. The predicted octanol–water partition coefficient (Wildman–Crippen LogP) is 3.32. The first kappa shape index (κ1) is 14.9. The largest absolute Gasteiger partial charge is 0.355 e. The van der Waals surface area contributed by atoms with Crippen molar-refractivity contribution in [2.75, 3.05) is 25.0 Å². The fourth-order valence-corrected chi connectivity index (χ4v) is 4.28. The topological polar surface area (TPSA) is 32.3 Å². The van der Waals surface area contributed by atoms with E-state index >= 15 is 0 Å². The summed E-state index contributed by atoms with van der Waals surface area (Å²) in [4.78, 5) is 14.8. The highest BCUT2D eigenvalue weighted by Gasteiger charge is 2.26. The number of hydrogen-bond donors (Lipinski definition) is 0. The maximum atomic E-state index is 4.39. The maximum absolute atomic E-state index is 4.39. The minimum atomic E-state index is 0.530. The molecule has 2 aromatic rings. The van der Waals surface area contributed by atoms with Crippen LogP contribution >= 0.6 is 27.3 Å². The molecule has 1 aliphatic rings. The lowest BCUT2D eigenvalue weighted by Gasteiger charge is -2.26. The molecule has 1 fully saturated rings. The molecule has 0 aromatic carbocycles. The van der Waals surface area contributed by atoms with E-state index in [0.717, 1.165) is 31.1 Å². The Morgan fingerprint density at radius 2 is 2.29 bits per heavy atom. The number of nitrogens with zero attached hydrogens (tertiary/aromatic N) is 4. The second-order valence-corrected chi connectivity index (χ2v) is 8.06. The number of likely N-dealkylation sites (N-methyl/N-ethyl adjacent to an activating group) is 1. The van der Waals surface area contributed by atoms with Gasteiger partial charge in [-0.25, -0.2) is 9.97 Å². The normalized spacial score (nSPS) is 19.1. The molecule has 112 valence electrons. The lowest BCUT2D eigenvalue weighted by molar-refractivity contribution is 0.329. The summed E-state index contributed by atoms with van der Waals surface area (Å²) in [5, 5.41) is 0. The molecular weight excluding hydrogens is 348 g/mol. The fourth-order valence-electron chi connectivity index (χ4n) is 2.75. The van der Waals surface area contributed by atoms with Gasteiger partial charge in [0.15, 0.2) is 0 Å². The SMILES string of the molecule is Cc1cc(N(C)C2CCN(Cc3ccc(Br)s3)C2)ncn1. The van der Waals surface area contributed by atoms with Gasteiger partial charge in [-0.05, 0) is 41.4 Å². The number of hydrogen-bond acceptors (Lipinski definition) is 5. The highest BCUT2D eigenvalue weighted by molar-refractivity contribution is 9.11. The highest BCUT2D eigenvalue weighted by atomic mass is 79.9. The van der Waals surface area contributed by atoms with Gasteiger partial charge in [0.1, 0.15) is 12.1 Å². The molecule has 3 heterocycles. The van der Waals surface area contributed by atoms with Gasteiger partial charge in [-0.2, -0.15) is 0 Å². The molecule has 0 N–H and O–H groups in total. The van der Waals surface area contributed by atoms with Gasteiger partial charge in [-0.1, -0.05) is 0 Å². The molecule has 1 atom stereocenters. The van der Waals surface area contributed by atoms with Crippen LogP contribution in [-0.2, 0) is 6.54 Å². The van der Waals surface area contributed by atoms with E-state index in [1.54, 1.807) is 6.33 Å². The predicted molar refractivity (Wildman–Crippen MR) is 90.9 cm³/mol. The number of thiophene rings is 1. The van der Waals surface area contributed by atoms with E-state index in [4.69, 9.17) is 0 Å². The lowest BCUT2D eigenvalue weighted by atomic mass is 10.2. The van der Waals surface area contributed by atoms with Crippen molar-refractivity contribution in [3.8, 4) is 0 Å². The van der Waals surface area contributed by atoms with Crippen molar-refractivity contribution in [3.05, 3.63) is 38.9 Å². The first-order valence-corrected chi connectivity index (χ1v) is 8.71. The number of likely N-dealkylation sites (tertiary alicyclic amines) is 1. The monoisotopic (exact) mass is 366 g/mol. The van der Waals surface area contributed by atoms with Crippen LogP contribution in [-0.4, -0.2) is 41.0 Å². The fraction of sp³-hybridized carbons (Fsp3) is 0.467. The number of rotatable bonds is 4. The zero-order valence-electron chi connectivity index (χ0n) is 12.3. The molecule has 0 amide bonds. The first-order chi connectivity index (χ1) is 10.1. The van der Waals surface area contributed by atoms with Gasteiger partial charge in [0.25, 0.3) is 0 Å². The van der Waals surface area contributed by atoms with E-state index in [0.29, 0.717) is 6.04 Å². The minimum Gasteiger partial charge on any atom is -0.355 e. The first-order valence-electron chi connectivity index (χ1n) is 7.10. The Morgan fingerprint density at radius 1 is 1.43 bits per heavy atom. The molecule has 1 unspecified atom stereocenters. The Bertz CT molecular complexity index is 615. The molecule has 1 aliphatic heterocycles. The summed E-state index contributed by atoms with van der Waals surface area (Å²) in [7, 11) is 2.14. The van der Waals surface area contributed by atoms with Crippen LogP contribution in [0.1, 0.15) is 17.0 Å². The Hall–Kier alpha value is -0.980. The van der Waals surface area contributed by atoms with Gasteiger partial charge >= 0.3 is 0 Å². The number of aromatic nitrogens is 2. The van der Waals surface area contributed by atoms with E-state index in [1.165, 1.54) is 15.1 Å². The van der Waals surface area contributed by atoms with Gasteiger partial charge in [0.05, 0.1) is 3.79 Å². The lowest BCUT2D eigenvalue weighted by Crippen LogP contribution is -2.35. The summed E-state index contributed by atoms with van der Waals surface area (Å²) in [5.74, 6) is 1.02. The second kappa shape index (κ2) is 6.42. The van der Waals surface area contributed by atoms with Crippen molar-refractivity contribution < 1.29 is 0 Å². The van der Waals surface area contributed by atoms with Crippen LogP contribution < -0.4 is 4.90 Å². The van der Waals surface area contributed by atoms with Gasteiger partial charge in [0, 0.05) is 49.4 Å². The molecule has 2 aromatic heterocycles. The summed E-state index contributed by atoms with van der Waals surface area (Å²) in [6.07, 6.45) is 2.84. The number of halogens is 1. The molecule has 21 heavy (non-hydrogen) atoms. The zero-order chi connectivity index (χ0) is 14.8. The summed E-state index contributed by atoms with van der Waals surface area (Å²) in [6, 6.07) is 6.92. The van der Waals surface area contributed by atoms with Crippen LogP contribution in [0, 0.1) is 6.92 Å². The Labute approximate surface area is 138 Å². The van der Waals surface area contributed by atoms with Crippen molar-refractivity contribution in [2.45, 2.75) is 25.9 Å². The molecule has 4 nitrogen and oxygen atoms in total. The van der Waals surface area contributed by atoms with Crippen LogP contribution in [0.3, 0.4) is 0 Å². The van der Waals surface area contributed by atoms with E-state index in [1.807, 2.05) is 18.3 Å². The quantitative estimate of drug-likeness (QED) is 0.830. The van der Waals surface area contributed by atoms with Crippen molar-refractivity contribution in [3.63, 3.8) is 0 Å². The van der Waals surface area contributed by atoms with E-state index in [9.17, 15) is 0 Å². The molecule has 0 bridgehead atoms. The third-order valence-electron chi connectivity index (χ3n) is 3.95. The van der Waals surface area contributed by atoms with Crippen LogP contribution in [0.2, 0.25) is 0 Å². The zero-order valence-corrected chi connectivity index (χ0v) is 14.7. The van der Waals surface area contributed by atoms with Crippen LogP contribution in [0.5, 0.6) is 0 Å². The average Bonchev–Trinajstić information content (AvgIpc) is 3.08. The average molecular weight is 367 g/mol. The number of anilines is 1. The Kier molecular flexibility index (Phi) is 4.57. The summed E-state index contributed by atoms with van der Waals surface area (Å²) >= 11 is 5.35. The van der Waals surface area contributed by atoms with Crippen LogP contribution in [0.25, 0.3) is 0 Å². The molecule has 1 saturated heterocycles. The van der Waals surface area contributed by atoms with E-state index < -0.39 is 0 Å². The molecule has 3 rings (SSSR count). The highest BCUT2D eigenvalue weighted by Crippen LogP contribution is 2.26. The van der Waals surface area contributed by atoms with Gasteiger partial charge in [0.2, 0.25) is 0 Å². The molecule has 0 aliphatic carbocycles. The molecule has 0 radical (unpaired) electrons. The molecular formula is C15H19BrN4S. The van der Waals surface area contributed by atoms with Crippen molar-refractivity contribution in [1.82, 2.24) is 14.9 Å². The van der Waals surface area contributed by atoms with Crippen LogP contribution in [0.4, 0.5) is 5.82 Å². The second-order valence-electron chi connectivity index (χ2n) is 5.51. The third kappa shape index (κ3) is 3.62. The molecule has 0 saturated carbocycles. The molecule has 0 spiro atoms. The standard InChI is InChI=1S/C15H19BrN4S/c1-11-7-15(18-10-17-11)19(2)12-5-6-20(8-12)9-13-3-4-14(16)21-13/h3-4,7,10,12H,5-6,8-9H2,1-2H3. The van der Waals surface area contributed by atoms with Gasteiger partial charge in [-0.15, -0.1) is 11.3 Å². The van der Waals surface area contributed by atoms with E-state index in [-0.39, 0.29) is 0 Å². The summed E-state index contributed by atoms with van der Waals surface area (Å²) < 4.78 is 1.21. The van der Waals surface area contributed by atoms with Crippen LogP contribution in [0.15, 0.2) is 28.3 Å². The van der Waals surface area contributed by atoms with Crippen molar-refractivity contribution in [1.29, 1.82) is 0 Å². The van der Waals surface area contributed by atoms with Gasteiger partial charge < -0.3 is 4.90 Å². The Balaban J connectivity index is 1.61. The maximum Gasteiger partial charge on any atom is 0.132 e. The molecule has 6 heteroatoms. The summed E-state index contributed by atoms with van der Waals surface area (Å²) in [5.41, 5.74) is 1.02. The Morgan fingerprint density at radius 3 is 3.00 bits per heavy atom. The van der Waals surface area contributed by atoms with E-state index in [2.05, 4.69) is 60.9 Å².